The second-order valence-corrected chi connectivity index (χ2v) is 8.56. The first kappa shape index (κ1) is 22.8. The van der Waals surface area contributed by atoms with E-state index in [0.717, 1.165) is 10.0 Å². The molecule has 2 aromatic carbocycles. The van der Waals surface area contributed by atoms with E-state index in [1.807, 2.05) is 32.9 Å². The summed E-state index contributed by atoms with van der Waals surface area (Å²) in [6.07, 6.45) is 0.108. The lowest BCUT2D eigenvalue weighted by atomic mass is 10.1. The summed E-state index contributed by atoms with van der Waals surface area (Å²) in [6, 6.07) is 12.7. The molecule has 164 valence electrons. The van der Waals surface area contributed by atoms with Crippen LogP contribution in [0, 0.1) is 12.8 Å². The Labute approximate surface area is 189 Å². The van der Waals surface area contributed by atoms with Gasteiger partial charge in [0.25, 0.3) is 5.91 Å². The van der Waals surface area contributed by atoms with E-state index in [-0.39, 0.29) is 25.0 Å². The molecular weight excluding hydrogens is 464 g/mol. The lowest BCUT2D eigenvalue weighted by molar-refractivity contribution is -0.151. The lowest BCUT2D eigenvalue weighted by Crippen LogP contribution is -2.28. The molecular formula is C23H25BrN2O5. The van der Waals surface area contributed by atoms with Gasteiger partial charge in [-0.05, 0) is 78.7 Å². The van der Waals surface area contributed by atoms with Crippen molar-refractivity contribution in [1.29, 1.82) is 0 Å². The molecule has 2 aromatic rings. The van der Waals surface area contributed by atoms with Gasteiger partial charge in [-0.15, -0.1) is 0 Å². The summed E-state index contributed by atoms with van der Waals surface area (Å²) in [7, 11) is 0. The fourth-order valence-electron chi connectivity index (χ4n) is 3.25. The largest absolute Gasteiger partial charge is 0.491 e. The van der Waals surface area contributed by atoms with Crippen LogP contribution in [-0.4, -0.2) is 37.0 Å². The van der Waals surface area contributed by atoms with Gasteiger partial charge in [0.1, 0.15) is 5.75 Å². The molecule has 7 nitrogen and oxygen atoms in total. The second kappa shape index (κ2) is 9.96. The van der Waals surface area contributed by atoms with Crippen molar-refractivity contribution in [1.82, 2.24) is 0 Å². The average Bonchev–Trinajstić information content (AvgIpc) is 3.10. The van der Waals surface area contributed by atoms with Gasteiger partial charge in [-0.1, -0.05) is 6.07 Å². The van der Waals surface area contributed by atoms with E-state index in [1.165, 1.54) is 0 Å². The molecule has 0 radical (unpaired) electrons. The number of carbonyl (C=O) groups is 3. The summed E-state index contributed by atoms with van der Waals surface area (Å²) >= 11 is 3.39. The SMILES string of the molecule is Cc1ccc(NC(=O)COC(=O)C2CC(=O)N(c3ccc(OC(C)C)cc3)C2)c(Br)c1. The molecule has 2 amide bonds. The molecule has 0 aromatic heterocycles. The molecule has 31 heavy (non-hydrogen) atoms. The summed E-state index contributed by atoms with van der Waals surface area (Å²) in [5.41, 5.74) is 2.34. The van der Waals surface area contributed by atoms with E-state index < -0.39 is 24.4 Å². The lowest BCUT2D eigenvalue weighted by Gasteiger charge is -2.17. The van der Waals surface area contributed by atoms with Crippen LogP contribution in [0.25, 0.3) is 0 Å². The van der Waals surface area contributed by atoms with Crippen molar-refractivity contribution in [3.8, 4) is 5.75 Å². The van der Waals surface area contributed by atoms with Crippen LogP contribution in [0.1, 0.15) is 25.8 Å². The Kier molecular flexibility index (Phi) is 7.33. The molecule has 0 spiro atoms. The summed E-state index contributed by atoms with van der Waals surface area (Å²) in [5, 5.41) is 2.69. The third kappa shape index (κ3) is 6.07. The molecule has 8 heteroatoms. The van der Waals surface area contributed by atoms with E-state index in [4.69, 9.17) is 9.47 Å². The zero-order valence-electron chi connectivity index (χ0n) is 17.7. The Morgan fingerprint density at radius 3 is 2.55 bits per heavy atom. The smallest absolute Gasteiger partial charge is 0.311 e. The fourth-order valence-corrected chi connectivity index (χ4v) is 3.85. The van der Waals surface area contributed by atoms with Crippen molar-refractivity contribution < 1.29 is 23.9 Å². The van der Waals surface area contributed by atoms with E-state index >= 15 is 0 Å². The predicted molar refractivity (Wildman–Crippen MR) is 121 cm³/mol. The van der Waals surface area contributed by atoms with Crippen molar-refractivity contribution in [2.75, 3.05) is 23.4 Å². The standard InChI is InChI=1S/C23H25BrN2O5/c1-14(2)31-18-7-5-17(6-8-18)26-12-16(11-22(26)28)23(29)30-13-21(27)25-20-9-4-15(3)10-19(20)24/h4-10,14,16H,11-13H2,1-3H3,(H,25,27). The Morgan fingerprint density at radius 2 is 1.90 bits per heavy atom. The van der Waals surface area contributed by atoms with Crippen molar-refractivity contribution in [2.45, 2.75) is 33.3 Å². The minimum atomic E-state index is -0.613. The summed E-state index contributed by atoms with van der Waals surface area (Å²) in [5.74, 6) is -1.06. The van der Waals surface area contributed by atoms with Crippen LogP contribution in [0.4, 0.5) is 11.4 Å². The van der Waals surface area contributed by atoms with E-state index in [0.29, 0.717) is 17.1 Å². The van der Waals surface area contributed by atoms with Crippen LogP contribution >= 0.6 is 15.9 Å². The molecule has 1 fully saturated rings. The number of anilines is 2. The van der Waals surface area contributed by atoms with Crippen molar-refractivity contribution in [3.05, 3.63) is 52.5 Å². The Bertz CT molecular complexity index is 974. The van der Waals surface area contributed by atoms with Gasteiger partial charge >= 0.3 is 5.97 Å². The van der Waals surface area contributed by atoms with E-state index in [1.54, 1.807) is 35.2 Å². The van der Waals surface area contributed by atoms with Gasteiger partial charge in [-0.25, -0.2) is 0 Å². The van der Waals surface area contributed by atoms with Crippen molar-refractivity contribution >= 4 is 45.1 Å². The highest BCUT2D eigenvalue weighted by Crippen LogP contribution is 2.28. The molecule has 1 heterocycles. The van der Waals surface area contributed by atoms with Crippen LogP contribution in [0.5, 0.6) is 5.75 Å². The Morgan fingerprint density at radius 1 is 1.19 bits per heavy atom. The van der Waals surface area contributed by atoms with Gasteiger partial charge in [0.2, 0.25) is 5.91 Å². The van der Waals surface area contributed by atoms with Crippen molar-refractivity contribution in [2.24, 2.45) is 5.92 Å². The first-order chi connectivity index (χ1) is 14.7. The first-order valence-electron chi connectivity index (χ1n) is 10.0. The number of rotatable bonds is 7. The first-order valence-corrected chi connectivity index (χ1v) is 10.8. The molecule has 1 aliphatic heterocycles. The van der Waals surface area contributed by atoms with Gasteiger partial charge in [0.05, 0.1) is 17.7 Å². The molecule has 0 bridgehead atoms. The van der Waals surface area contributed by atoms with Gasteiger partial charge in [0.15, 0.2) is 6.61 Å². The quantitative estimate of drug-likeness (QED) is 0.593. The highest BCUT2D eigenvalue weighted by atomic mass is 79.9. The third-order valence-corrected chi connectivity index (χ3v) is 5.38. The van der Waals surface area contributed by atoms with Crippen LogP contribution in [0.2, 0.25) is 0 Å². The number of hydrogen-bond acceptors (Lipinski definition) is 5. The molecule has 1 unspecified atom stereocenters. The number of esters is 1. The van der Waals surface area contributed by atoms with Crippen LogP contribution in [-0.2, 0) is 19.1 Å². The number of hydrogen-bond donors (Lipinski definition) is 1. The minimum absolute atomic E-state index is 0.0498. The van der Waals surface area contributed by atoms with Gasteiger partial charge in [-0.3, -0.25) is 14.4 Å². The highest BCUT2D eigenvalue weighted by Gasteiger charge is 2.36. The Hall–Kier alpha value is -2.87. The van der Waals surface area contributed by atoms with Crippen LogP contribution in [0.15, 0.2) is 46.9 Å². The Balaban J connectivity index is 1.52. The van der Waals surface area contributed by atoms with E-state index in [2.05, 4.69) is 21.2 Å². The molecule has 1 saturated heterocycles. The number of carbonyl (C=O) groups excluding carboxylic acids is 3. The number of halogens is 1. The highest BCUT2D eigenvalue weighted by molar-refractivity contribution is 9.10. The zero-order valence-corrected chi connectivity index (χ0v) is 19.3. The molecule has 1 atom stereocenters. The minimum Gasteiger partial charge on any atom is -0.491 e. The summed E-state index contributed by atoms with van der Waals surface area (Å²) < 4.78 is 11.5. The monoisotopic (exact) mass is 488 g/mol. The van der Waals surface area contributed by atoms with E-state index in [9.17, 15) is 14.4 Å². The molecule has 0 saturated carbocycles. The maximum Gasteiger partial charge on any atom is 0.311 e. The summed E-state index contributed by atoms with van der Waals surface area (Å²) in [4.78, 5) is 38.5. The molecule has 1 N–H and O–H groups in total. The number of aryl methyl sites for hydroxylation is 1. The second-order valence-electron chi connectivity index (χ2n) is 7.71. The molecule has 3 rings (SSSR count). The topological polar surface area (TPSA) is 84.9 Å². The maximum absolute atomic E-state index is 12.4. The number of amides is 2. The number of ether oxygens (including phenoxy) is 2. The zero-order chi connectivity index (χ0) is 22.5. The molecule has 1 aliphatic rings. The predicted octanol–water partition coefficient (Wildman–Crippen LogP) is 4.08. The van der Waals surface area contributed by atoms with Crippen LogP contribution < -0.4 is 15.0 Å². The number of nitrogens with one attached hydrogen (secondary N) is 1. The normalized spacial score (nSPS) is 15.8. The van der Waals surface area contributed by atoms with Crippen LogP contribution in [0.3, 0.4) is 0 Å². The molecule has 0 aliphatic carbocycles. The third-order valence-electron chi connectivity index (χ3n) is 4.72. The fraction of sp³-hybridized carbons (Fsp3) is 0.348. The van der Waals surface area contributed by atoms with Gasteiger partial charge in [-0.2, -0.15) is 0 Å². The average molecular weight is 489 g/mol. The summed E-state index contributed by atoms with van der Waals surface area (Å²) in [6.45, 7) is 5.62. The maximum atomic E-state index is 12.4. The van der Waals surface area contributed by atoms with Gasteiger partial charge < -0.3 is 19.7 Å². The van der Waals surface area contributed by atoms with Crippen molar-refractivity contribution in [3.63, 3.8) is 0 Å². The number of benzene rings is 2. The van der Waals surface area contributed by atoms with Gasteiger partial charge in [0, 0.05) is 23.1 Å². The number of nitrogens with zero attached hydrogens (tertiary/aromatic N) is 1.